The first-order valence-corrected chi connectivity index (χ1v) is 47.5. The lowest BCUT2D eigenvalue weighted by Crippen LogP contribution is -2.61. The third kappa shape index (κ3) is 29.6. The van der Waals surface area contributed by atoms with E-state index < -0.39 is 235 Å². The number of carbonyl (C=O) groups is 17. The Labute approximate surface area is 793 Å². The Kier molecular flexibility index (Phi) is 40.6. The molecule has 136 heavy (non-hydrogen) atoms. The minimum atomic E-state index is -1.83. The number of Topliss-reactive ketones (excluding diaryl/α,β-unsaturated/α-hetero) is 1. The van der Waals surface area contributed by atoms with Crippen LogP contribution in [0.2, 0.25) is 0 Å². The number of benzene rings is 4. The molecule has 3 aliphatic heterocycles. The predicted molar refractivity (Wildman–Crippen MR) is 506 cm³/mol. The molecule has 3 saturated heterocycles. The monoisotopic (exact) mass is 1900 g/mol. The summed E-state index contributed by atoms with van der Waals surface area (Å²) >= 11 is 0.785. The molecule has 9 rings (SSSR count). The molecule has 15 atom stereocenters. The molecule has 0 aliphatic carbocycles. The zero-order chi connectivity index (χ0) is 99.1. The fraction of sp³-hybridized carbons (Fsp3) is 0.526. The molecule has 0 spiro atoms. The molecule has 2 aromatic heterocycles. The number of nitrogens with two attached hydrogens (primary N) is 4. The number of para-hydroxylation sites is 2. The number of aromatic amines is 2. The van der Waals surface area contributed by atoms with Crippen molar-refractivity contribution in [3.05, 3.63) is 138 Å². The van der Waals surface area contributed by atoms with Crippen LogP contribution >= 0.6 is 11.8 Å². The minimum absolute atomic E-state index is 0.00151. The Morgan fingerprint density at radius 2 is 1.10 bits per heavy atom. The first kappa shape index (κ1) is 107. The third-order valence-electron chi connectivity index (χ3n) is 24.9. The van der Waals surface area contributed by atoms with Crippen molar-refractivity contribution in [3.63, 3.8) is 0 Å². The molecule has 5 heterocycles. The summed E-state index contributed by atoms with van der Waals surface area (Å²) < 4.78 is 6.47. The van der Waals surface area contributed by atoms with Crippen molar-refractivity contribution < 1.29 is 96.5 Å². The minimum Gasteiger partial charge on any atom is -0.508 e. The van der Waals surface area contributed by atoms with E-state index in [9.17, 15) is 58.2 Å². The normalized spacial score (nSPS) is 24.8. The highest BCUT2D eigenvalue weighted by atomic mass is 32.2. The second kappa shape index (κ2) is 51.7. The molecule has 0 unspecified atom stereocenters. The zero-order valence-corrected chi connectivity index (χ0v) is 79.1. The van der Waals surface area contributed by atoms with Crippen molar-refractivity contribution in [1.29, 1.82) is 0 Å². The summed E-state index contributed by atoms with van der Waals surface area (Å²) in [6.45, 7) is 5.99. The van der Waals surface area contributed by atoms with E-state index in [1.165, 1.54) is 67.0 Å². The standard InChI is InChI=1S/C95H132N20O20S/c1-9-11-29-75-89(128)104-67(28-20-36-96)86(125)110-74(85(124)102-48-81(99)120)52-136-53-82(121)103-69(39-56-32-34-61(117)35-33-56)91(130)111(6)55(5)83(122)105-71(44-80(98)119)93(132)114-37-21-31-76(114)90(129)108-72(45-97)87(126)106-68(38-54(3)4)94(133)115-49-62(135-51-57-22-14-13-15-23-57)43-78(115)79(118)42-58(40-59-46-100-65-26-18-16-24-63(59)65)84(123)109-73(50-116)88(127)107-70(41-60-47-101-66-27-19-17-25-64(60)66)92(131)113(8)77(30-12-10-2)95(134)112(75)7/h13-19,22-27,32-35,46-47,54-55,58,62,67-78,100-101,116-117H,9-12,20-21,28-31,36-45,48-53,96-97H2,1-8H3,(H2,98,119)(H2,99,120)(H,102,124)(H,103,121)(H,104,128)(H,105,122)(H,106,126)(H,107,127)(H,108,129)(H,109,123)(H,110,125)/t55-,58+,62+,67-,68-,69-,70-,71-,72-,73-,74-,75-,76-,77-,78-/m0/s1. The van der Waals surface area contributed by atoms with Gasteiger partial charge >= 0.3 is 0 Å². The molecule has 41 heteroatoms. The third-order valence-corrected chi connectivity index (χ3v) is 25.9. The van der Waals surface area contributed by atoms with Gasteiger partial charge in [-0.05, 0) is 117 Å². The summed E-state index contributed by atoms with van der Waals surface area (Å²) in [4.78, 5) is 263. The van der Waals surface area contributed by atoms with Crippen LogP contribution < -0.4 is 70.8 Å². The van der Waals surface area contributed by atoms with Gasteiger partial charge in [-0.1, -0.05) is 132 Å². The van der Waals surface area contributed by atoms with E-state index >= 15 is 33.6 Å². The number of carbonyl (C=O) groups excluding carboxylic acids is 17. The van der Waals surface area contributed by atoms with Crippen LogP contribution in [0.25, 0.3) is 21.8 Å². The van der Waals surface area contributed by atoms with Gasteiger partial charge in [-0.15, -0.1) is 11.8 Å². The van der Waals surface area contributed by atoms with E-state index in [-0.39, 0.29) is 109 Å². The number of H-pyrrole nitrogens is 2. The molecular formula is C95H132N20O20S. The lowest BCUT2D eigenvalue weighted by Gasteiger charge is -2.36. The summed E-state index contributed by atoms with van der Waals surface area (Å²) in [6.07, 6.45) is 2.22. The highest BCUT2D eigenvalue weighted by molar-refractivity contribution is 8.00. The molecule has 16 amide bonds. The summed E-state index contributed by atoms with van der Waals surface area (Å²) in [6, 6.07) is 9.44. The van der Waals surface area contributed by atoms with Crippen LogP contribution in [0.1, 0.15) is 147 Å². The van der Waals surface area contributed by atoms with Crippen LogP contribution in [0.4, 0.5) is 0 Å². The number of phenolic OH excluding ortho intramolecular Hbond substituents is 1. The van der Waals surface area contributed by atoms with E-state index in [4.69, 9.17) is 27.7 Å². The van der Waals surface area contributed by atoms with Gasteiger partial charge in [0.2, 0.25) is 94.5 Å². The summed E-state index contributed by atoms with van der Waals surface area (Å²) in [5, 5.41) is 46.7. The molecule has 6 aromatic rings. The molecule has 21 N–H and O–H groups in total. The maximum absolute atomic E-state index is 15.8. The first-order valence-electron chi connectivity index (χ1n) is 46.3. The number of aliphatic hydroxyl groups is 1. The largest absolute Gasteiger partial charge is 0.508 e. The maximum Gasteiger partial charge on any atom is 0.246 e. The van der Waals surface area contributed by atoms with E-state index in [0.29, 0.717) is 64.2 Å². The Morgan fingerprint density at radius 1 is 0.544 bits per heavy atom. The number of ether oxygens (including phenoxy) is 1. The van der Waals surface area contributed by atoms with Gasteiger partial charge in [0.05, 0.1) is 44.1 Å². The van der Waals surface area contributed by atoms with Gasteiger partial charge in [0.25, 0.3) is 0 Å². The van der Waals surface area contributed by atoms with E-state index in [1.54, 1.807) is 68.7 Å². The van der Waals surface area contributed by atoms with Gasteiger partial charge in [-0.3, -0.25) is 81.5 Å². The molecular weight excluding hydrogens is 1770 g/mol. The summed E-state index contributed by atoms with van der Waals surface area (Å²) in [5.41, 5.74) is 27.1. The number of nitrogens with zero attached hydrogens (tertiary/aromatic N) is 5. The molecule has 4 aromatic carbocycles. The number of phenols is 1. The first-order chi connectivity index (χ1) is 65.0. The second-order valence-corrected chi connectivity index (χ2v) is 36.5. The van der Waals surface area contributed by atoms with Gasteiger partial charge in [0, 0.05) is 112 Å². The number of rotatable bonds is 27. The summed E-state index contributed by atoms with van der Waals surface area (Å²) in [7, 11) is 3.97. The fourth-order valence-corrected chi connectivity index (χ4v) is 18.0. The average molecular weight is 1910 g/mol. The van der Waals surface area contributed by atoms with Crippen molar-refractivity contribution in [1.82, 2.24) is 82.3 Å². The van der Waals surface area contributed by atoms with E-state index in [1.807, 2.05) is 50.2 Å². The lowest BCUT2D eigenvalue weighted by atomic mass is 9.90. The summed E-state index contributed by atoms with van der Waals surface area (Å²) in [5.74, 6) is -17.9. The molecule has 40 nitrogen and oxygen atoms in total. The van der Waals surface area contributed by atoms with Crippen molar-refractivity contribution in [2.75, 3.05) is 72.0 Å². The second-order valence-electron chi connectivity index (χ2n) is 35.5. The molecule has 0 saturated carbocycles. The van der Waals surface area contributed by atoms with Crippen LogP contribution in [-0.2, 0) is 112 Å². The number of ketones is 1. The Morgan fingerprint density at radius 3 is 1.72 bits per heavy atom. The number of nitrogens with one attached hydrogen (secondary N) is 11. The van der Waals surface area contributed by atoms with Gasteiger partial charge in [-0.25, -0.2) is 0 Å². The van der Waals surface area contributed by atoms with Crippen LogP contribution in [-0.4, -0.2) is 302 Å². The van der Waals surface area contributed by atoms with Crippen LogP contribution in [0.15, 0.2) is 116 Å². The number of fused-ring (bicyclic) bond motifs is 4. The number of unbranched alkanes of at least 4 members (excludes halogenated alkanes) is 2. The molecule has 3 aliphatic rings. The molecule has 0 bridgehead atoms. The number of primary amides is 2. The maximum atomic E-state index is 15.8. The van der Waals surface area contributed by atoms with Gasteiger partial charge in [0.15, 0.2) is 5.78 Å². The number of aromatic nitrogens is 2. The lowest BCUT2D eigenvalue weighted by molar-refractivity contribution is -0.149. The van der Waals surface area contributed by atoms with Crippen molar-refractivity contribution in [2.24, 2.45) is 34.8 Å². The smallest absolute Gasteiger partial charge is 0.246 e. The van der Waals surface area contributed by atoms with Crippen LogP contribution in [0.5, 0.6) is 5.75 Å². The fourth-order valence-electron chi connectivity index (χ4n) is 17.2. The SMILES string of the molecule is CCCC[C@H]1C(=O)N(C)[C@@H](CCCC)C(=O)N[C@@H](CCCN)C(=O)N[C@H](C(=O)NCC(N)=O)CSCC(=O)N[C@@H](Cc2ccc(O)cc2)C(=O)N(C)[C@@H](C)C(=O)N[C@@H](CC(N)=O)C(=O)N2CCC[C@H]2C(=O)N[C@@H](CN)C(=O)N[C@@H](CC(C)C)C(=O)N2C[C@H](OCc3ccccc3)C[C@H]2C(=O)C[C@@H](Cc2c[nH]c3ccccc23)C(=O)N[C@@H](CO)C(=O)N[C@@H](Cc2c[nH]c3ccccc23)C(=O)N1C. The number of aromatic hydroxyl groups is 1. The van der Waals surface area contributed by atoms with Gasteiger partial charge < -0.3 is 120 Å². The number of thioether (sulfide) groups is 1. The van der Waals surface area contributed by atoms with E-state index in [2.05, 4.69) is 57.8 Å². The highest BCUT2D eigenvalue weighted by Crippen LogP contribution is 2.31. The van der Waals surface area contributed by atoms with Crippen molar-refractivity contribution in [2.45, 2.75) is 235 Å². The quantitative estimate of drug-likeness (QED) is 0.0319. The van der Waals surface area contributed by atoms with Crippen molar-refractivity contribution in [3.8, 4) is 5.75 Å². The zero-order valence-electron chi connectivity index (χ0n) is 78.3. The Hall–Kier alpha value is -12.9. The van der Waals surface area contributed by atoms with Crippen LogP contribution in [0, 0.1) is 11.8 Å². The number of aliphatic hydroxyl groups excluding tert-OH is 1. The average Bonchev–Trinajstić information content (AvgIpc) is 1.59. The van der Waals surface area contributed by atoms with Gasteiger partial charge in [-0.2, -0.15) is 0 Å². The number of hydrogen-bond acceptors (Lipinski definition) is 23. The van der Waals surface area contributed by atoms with Crippen molar-refractivity contribution >= 4 is 134 Å². The van der Waals surface area contributed by atoms with E-state index in [0.717, 1.165) is 27.1 Å². The molecule has 0 radical (unpaired) electrons. The Balaban J connectivity index is 1.10. The van der Waals surface area contributed by atoms with Gasteiger partial charge in [0.1, 0.15) is 78.3 Å². The number of likely N-dealkylation sites (N-methyl/N-ethyl adjacent to an activating group) is 3. The molecule has 738 valence electrons. The predicted octanol–water partition coefficient (Wildman–Crippen LogP) is -0.145. The molecule has 3 fully saturated rings. The topological polar surface area (TPSA) is 600 Å². The highest BCUT2D eigenvalue weighted by Gasteiger charge is 2.47. The Bertz CT molecular complexity index is 5190. The number of hydrogen-bond donors (Lipinski definition) is 17. The van der Waals surface area contributed by atoms with Crippen LogP contribution in [0.3, 0.4) is 0 Å². The number of amides is 16.